The van der Waals surface area contributed by atoms with Gasteiger partial charge in [-0.2, -0.15) is 5.10 Å². The van der Waals surface area contributed by atoms with Crippen molar-refractivity contribution in [2.24, 2.45) is 0 Å². The number of aromatic hydroxyl groups is 1. The molecule has 2 heterocycles. The second kappa shape index (κ2) is 9.47. The molecule has 0 aliphatic carbocycles. The summed E-state index contributed by atoms with van der Waals surface area (Å²) in [6.07, 6.45) is 0.807. The minimum absolute atomic E-state index is 0.0706. The van der Waals surface area contributed by atoms with Crippen molar-refractivity contribution in [1.82, 2.24) is 15.1 Å². The molecule has 0 saturated heterocycles. The predicted molar refractivity (Wildman–Crippen MR) is 136 cm³/mol. The van der Waals surface area contributed by atoms with Crippen LogP contribution < -0.4 is 4.74 Å². The SMILES string of the molecule is CCCN1C(=O)c2[nH]nc(-c3cc(Cl)c(C)cc3O)c2C1c1cccc(OCc2ccccc2)c1. The van der Waals surface area contributed by atoms with Crippen LogP contribution in [0.2, 0.25) is 5.02 Å². The lowest BCUT2D eigenvalue weighted by molar-refractivity contribution is 0.0743. The van der Waals surface area contributed by atoms with Gasteiger partial charge in [-0.1, -0.05) is 61.0 Å². The van der Waals surface area contributed by atoms with Gasteiger partial charge >= 0.3 is 0 Å². The van der Waals surface area contributed by atoms with E-state index < -0.39 is 0 Å². The molecule has 5 rings (SSSR count). The topological polar surface area (TPSA) is 78.5 Å². The quantitative estimate of drug-likeness (QED) is 0.321. The van der Waals surface area contributed by atoms with Crippen LogP contribution in [0, 0.1) is 6.92 Å². The molecular formula is C28H26ClN3O3. The largest absolute Gasteiger partial charge is 0.507 e. The highest BCUT2D eigenvalue weighted by molar-refractivity contribution is 6.31. The number of halogens is 1. The van der Waals surface area contributed by atoms with Crippen molar-refractivity contribution in [2.45, 2.75) is 32.9 Å². The fourth-order valence-electron chi connectivity index (χ4n) is 4.59. The molecule has 35 heavy (non-hydrogen) atoms. The lowest BCUT2D eigenvalue weighted by atomic mass is 9.95. The zero-order valence-corrected chi connectivity index (χ0v) is 20.3. The first-order valence-electron chi connectivity index (χ1n) is 11.6. The minimum atomic E-state index is -0.369. The molecule has 1 atom stereocenters. The van der Waals surface area contributed by atoms with Crippen LogP contribution >= 0.6 is 11.6 Å². The summed E-state index contributed by atoms with van der Waals surface area (Å²) < 4.78 is 6.06. The highest BCUT2D eigenvalue weighted by Gasteiger charge is 2.42. The molecule has 3 aromatic carbocycles. The number of aromatic amines is 1. The first kappa shape index (κ1) is 23.0. The Bertz CT molecular complexity index is 1380. The number of aromatic nitrogens is 2. The Morgan fingerprint density at radius 2 is 1.91 bits per heavy atom. The molecule has 0 radical (unpaired) electrons. The number of carbonyl (C=O) groups excluding carboxylic acids is 1. The Hall–Kier alpha value is -3.77. The summed E-state index contributed by atoms with van der Waals surface area (Å²) in [5.74, 6) is 0.676. The fourth-order valence-corrected chi connectivity index (χ4v) is 4.75. The average Bonchev–Trinajstić information content (AvgIpc) is 3.40. The van der Waals surface area contributed by atoms with Crippen LogP contribution in [0.1, 0.15) is 52.1 Å². The van der Waals surface area contributed by atoms with Crippen molar-refractivity contribution in [1.29, 1.82) is 0 Å². The molecule has 7 heteroatoms. The van der Waals surface area contributed by atoms with Crippen molar-refractivity contribution >= 4 is 17.5 Å². The number of phenolic OH excluding ortho intramolecular Hbond substituents is 1. The zero-order chi connectivity index (χ0) is 24.5. The molecule has 178 valence electrons. The number of nitrogens with zero attached hydrogens (tertiary/aromatic N) is 2. The lowest BCUT2D eigenvalue weighted by Gasteiger charge is -2.26. The molecule has 4 aromatic rings. The van der Waals surface area contributed by atoms with Gasteiger partial charge in [0, 0.05) is 22.7 Å². The number of aryl methyl sites for hydroxylation is 1. The number of hydrogen-bond acceptors (Lipinski definition) is 4. The third-order valence-corrected chi connectivity index (χ3v) is 6.69. The maximum absolute atomic E-state index is 13.4. The average molecular weight is 488 g/mol. The summed E-state index contributed by atoms with van der Waals surface area (Å²) in [4.78, 5) is 15.2. The molecule has 0 saturated carbocycles. The van der Waals surface area contributed by atoms with Gasteiger partial charge in [0.15, 0.2) is 0 Å². The molecule has 0 spiro atoms. The van der Waals surface area contributed by atoms with Crippen LogP contribution in [0.15, 0.2) is 66.7 Å². The van der Waals surface area contributed by atoms with Crippen molar-refractivity contribution in [3.63, 3.8) is 0 Å². The fraction of sp³-hybridized carbons (Fsp3) is 0.214. The number of hydrogen-bond donors (Lipinski definition) is 2. The van der Waals surface area contributed by atoms with Gasteiger partial charge in [-0.05, 0) is 54.3 Å². The number of amides is 1. The number of phenols is 1. The van der Waals surface area contributed by atoms with Gasteiger partial charge in [-0.15, -0.1) is 0 Å². The van der Waals surface area contributed by atoms with Crippen LogP contribution in [-0.2, 0) is 6.61 Å². The van der Waals surface area contributed by atoms with E-state index in [1.54, 1.807) is 12.1 Å². The molecule has 1 unspecified atom stereocenters. The van der Waals surface area contributed by atoms with Gasteiger partial charge in [0.1, 0.15) is 29.5 Å². The number of benzene rings is 3. The number of carbonyl (C=O) groups is 1. The van der Waals surface area contributed by atoms with Crippen molar-refractivity contribution in [3.05, 3.63) is 99.7 Å². The predicted octanol–water partition coefficient (Wildman–Crippen LogP) is 6.28. The third-order valence-electron chi connectivity index (χ3n) is 6.28. The van der Waals surface area contributed by atoms with Crippen LogP contribution in [0.5, 0.6) is 11.5 Å². The van der Waals surface area contributed by atoms with Crippen molar-refractivity contribution in [3.8, 4) is 22.8 Å². The van der Waals surface area contributed by atoms with Gasteiger partial charge < -0.3 is 14.7 Å². The Morgan fingerprint density at radius 1 is 1.11 bits per heavy atom. The summed E-state index contributed by atoms with van der Waals surface area (Å²) in [6, 6.07) is 20.7. The highest BCUT2D eigenvalue weighted by Crippen LogP contribution is 2.45. The highest BCUT2D eigenvalue weighted by atomic mass is 35.5. The second-order valence-electron chi connectivity index (χ2n) is 8.73. The first-order valence-corrected chi connectivity index (χ1v) is 12.0. The van der Waals surface area contributed by atoms with E-state index in [9.17, 15) is 9.90 Å². The molecule has 1 aromatic heterocycles. The zero-order valence-electron chi connectivity index (χ0n) is 19.6. The van der Waals surface area contributed by atoms with E-state index in [0.29, 0.717) is 35.1 Å². The maximum Gasteiger partial charge on any atom is 0.273 e. The van der Waals surface area contributed by atoms with Gasteiger partial charge in [-0.25, -0.2) is 0 Å². The summed E-state index contributed by atoms with van der Waals surface area (Å²) in [5.41, 5.74) is 4.94. The molecular weight excluding hydrogens is 462 g/mol. The summed E-state index contributed by atoms with van der Waals surface area (Å²) >= 11 is 6.38. The van der Waals surface area contributed by atoms with Crippen LogP contribution in [-0.4, -0.2) is 32.7 Å². The molecule has 0 bridgehead atoms. The van der Waals surface area contributed by atoms with Crippen LogP contribution in [0.4, 0.5) is 0 Å². The van der Waals surface area contributed by atoms with Gasteiger partial charge in [0.05, 0.1) is 6.04 Å². The number of nitrogens with one attached hydrogen (secondary N) is 1. The molecule has 6 nitrogen and oxygen atoms in total. The van der Waals surface area contributed by atoms with E-state index in [1.165, 1.54) is 0 Å². The Balaban J connectivity index is 1.56. The van der Waals surface area contributed by atoms with Gasteiger partial charge in [-0.3, -0.25) is 9.89 Å². The standard InChI is InChI=1S/C28H26ClN3O3/c1-3-12-32-27(19-10-7-11-20(14-19)35-16-18-8-5-4-6-9-18)24-25(30-31-26(24)28(32)34)21-15-22(29)17(2)13-23(21)33/h4-11,13-15,27,33H,3,12,16H2,1-2H3,(H,30,31). The lowest BCUT2D eigenvalue weighted by Crippen LogP contribution is -2.30. The van der Waals surface area contributed by atoms with E-state index in [2.05, 4.69) is 10.2 Å². The normalized spacial score (nSPS) is 14.9. The van der Waals surface area contributed by atoms with Crippen LogP contribution in [0.25, 0.3) is 11.3 Å². The maximum atomic E-state index is 13.4. The first-order chi connectivity index (χ1) is 17.0. The monoisotopic (exact) mass is 487 g/mol. The molecule has 1 aliphatic rings. The van der Waals surface area contributed by atoms with E-state index in [4.69, 9.17) is 16.3 Å². The smallest absolute Gasteiger partial charge is 0.273 e. The molecule has 1 amide bonds. The van der Waals surface area contributed by atoms with E-state index in [0.717, 1.165) is 34.4 Å². The van der Waals surface area contributed by atoms with Crippen molar-refractivity contribution < 1.29 is 14.6 Å². The molecule has 1 aliphatic heterocycles. The number of H-pyrrole nitrogens is 1. The molecule has 0 fully saturated rings. The Labute approximate surface area is 209 Å². The number of fused-ring (bicyclic) bond motifs is 1. The van der Waals surface area contributed by atoms with Gasteiger partial charge in [0.2, 0.25) is 0 Å². The number of rotatable bonds is 7. The summed E-state index contributed by atoms with van der Waals surface area (Å²) in [5, 5.41) is 18.6. The third kappa shape index (κ3) is 4.26. The summed E-state index contributed by atoms with van der Waals surface area (Å²) in [7, 11) is 0. The van der Waals surface area contributed by atoms with E-state index in [1.807, 2.05) is 73.3 Å². The van der Waals surface area contributed by atoms with Crippen molar-refractivity contribution in [2.75, 3.05) is 6.54 Å². The number of ether oxygens (including phenoxy) is 1. The molecule has 2 N–H and O–H groups in total. The van der Waals surface area contributed by atoms with Gasteiger partial charge in [0.25, 0.3) is 5.91 Å². The van der Waals surface area contributed by atoms with E-state index in [-0.39, 0.29) is 17.7 Å². The summed E-state index contributed by atoms with van der Waals surface area (Å²) in [6.45, 7) is 4.91. The Kier molecular flexibility index (Phi) is 6.22. The van der Waals surface area contributed by atoms with E-state index >= 15 is 0 Å². The Morgan fingerprint density at radius 3 is 2.69 bits per heavy atom. The minimum Gasteiger partial charge on any atom is -0.507 e. The van der Waals surface area contributed by atoms with Crippen LogP contribution in [0.3, 0.4) is 0 Å². The second-order valence-corrected chi connectivity index (χ2v) is 9.13.